The Hall–Kier alpha value is -1.89. The number of carbonyl (C=O) groups excluding carboxylic acids is 1. The summed E-state index contributed by atoms with van der Waals surface area (Å²) >= 11 is 10.7. The van der Waals surface area contributed by atoms with E-state index in [0.717, 1.165) is 10.6 Å². The number of carbonyl (C=O) groups is 1. The molecule has 0 heterocycles. The van der Waals surface area contributed by atoms with Gasteiger partial charge in [-0.15, -0.1) is 0 Å². The predicted molar refractivity (Wildman–Crippen MR) is 91.2 cm³/mol. The van der Waals surface area contributed by atoms with Gasteiger partial charge in [-0.2, -0.15) is 0 Å². The molecule has 0 aliphatic heterocycles. The van der Waals surface area contributed by atoms with Crippen LogP contribution in [0.2, 0.25) is 5.02 Å². The Balaban J connectivity index is 0.000000433. The molecule has 4 heteroatoms. The zero-order valence-corrected chi connectivity index (χ0v) is 14.2. The molecule has 0 unspecified atom stereocenters. The monoisotopic (exact) mass is 334 g/mol. The molecule has 0 atom stereocenters. The summed E-state index contributed by atoms with van der Waals surface area (Å²) < 4.78 is 5.61. The first-order chi connectivity index (χ1) is 10.4. The number of hydrogen-bond acceptors (Lipinski definition) is 2. The van der Waals surface area contributed by atoms with E-state index in [2.05, 4.69) is 29.6 Å². The van der Waals surface area contributed by atoms with Crippen molar-refractivity contribution in [3.05, 3.63) is 34.9 Å². The number of rotatable bonds is 2. The highest BCUT2D eigenvalue weighted by Crippen LogP contribution is 2.14. The van der Waals surface area contributed by atoms with Crippen molar-refractivity contribution in [2.45, 2.75) is 33.0 Å². The van der Waals surface area contributed by atoms with Gasteiger partial charge in [0.1, 0.15) is 0 Å². The van der Waals surface area contributed by atoms with Gasteiger partial charge in [0, 0.05) is 22.2 Å². The van der Waals surface area contributed by atoms with E-state index in [9.17, 15) is 4.79 Å². The lowest BCUT2D eigenvalue weighted by atomic mass is 10.2. The summed E-state index contributed by atoms with van der Waals surface area (Å²) in [5, 5.41) is 2.80. The minimum atomic E-state index is -0.0837. The highest BCUT2D eigenvalue weighted by atomic mass is 35.5. The minimum absolute atomic E-state index is 0.0837. The Morgan fingerprint density at radius 3 is 2.18 bits per heavy atom. The lowest BCUT2D eigenvalue weighted by Crippen LogP contribution is -2.18. The summed E-state index contributed by atoms with van der Waals surface area (Å²) in [5.74, 6) is 11.1. The summed E-state index contributed by atoms with van der Waals surface area (Å²) in [6, 6.07) is 7.72. The van der Waals surface area contributed by atoms with Crippen LogP contribution in [0.4, 0.5) is 0 Å². The lowest BCUT2D eigenvalue weighted by molar-refractivity contribution is -0.103. The van der Waals surface area contributed by atoms with E-state index in [4.69, 9.17) is 27.9 Å². The molecule has 0 saturated carbocycles. The van der Waals surface area contributed by atoms with Gasteiger partial charge in [-0.3, -0.25) is 4.79 Å². The van der Waals surface area contributed by atoms with Crippen molar-refractivity contribution in [1.82, 2.24) is 0 Å². The third-order valence-electron chi connectivity index (χ3n) is 1.95. The van der Waals surface area contributed by atoms with Gasteiger partial charge in [0.25, 0.3) is 0 Å². The first-order valence-electron chi connectivity index (χ1n) is 6.32. The van der Waals surface area contributed by atoms with Crippen molar-refractivity contribution in [3.8, 4) is 35.0 Å². The zero-order chi connectivity index (χ0) is 16.8. The Labute approximate surface area is 142 Å². The molecule has 22 heavy (non-hydrogen) atoms. The minimum Gasteiger partial charge on any atom is -0.371 e. The number of aldehydes is 1. The second-order valence-corrected chi connectivity index (χ2v) is 5.51. The molecule has 0 spiro atoms. The molecule has 0 bridgehead atoms. The van der Waals surface area contributed by atoms with Crippen LogP contribution in [0.3, 0.4) is 0 Å². The molecule has 0 aliphatic carbocycles. The standard InChI is InChI=1S/C11H15ClO.C7HClO/c1-11(2,3)13-8-9-4-6-10(12)7-5-9;8-6-4-2-1-3-5-7-9/h4-7H,8H2,1-3H3;7H. The summed E-state index contributed by atoms with van der Waals surface area (Å²) in [7, 11) is 0. The highest BCUT2D eigenvalue weighted by molar-refractivity contribution is 6.30. The number of benzene rings is 1. The third kappa shape index (κ3) is 13.1. The van der Waals surface area contributed by atoms with Gasteiger partial charge in [0.15, 0.2) is 6.29 Å². The van der Waals surface area contributed by atoms with E-state index in [-0.39, 0.29) is 5.60 Å². The van der Waals surface area contributed by atoms with Crippen LogP contribution >= 0.6 is 23.2 Å². The van der Waals surface area contributed by atoms with Gasteiger partial charge in [0.2, 0.25) is 0 Å². The summed E-state index contributed by atoms with van der Waals surface area (Å²) in [6.45, 7) is 6.77. The Morgan fingerprint density at radius 1 is 1.09 bits per heavy atom. The van der Waals surface area contributed by atoms with Crippen molar-refractivity contribution < 1.29 is 9.53 Å². The van der Waals surface area contributed by atoms with E-state index in [1.54, 1.807) is 0 Å². The van der Waals surface area contributed by atoms with Crippen LogP contribution in [0.15, 0.2) is 24.3 Å². The van der Waals surface area contributed by atoms with E-state index in [1.807, 2.05) is 50.4 Å². The maximum Gasteiger partial charge on any atom is 0.193 e. The van der Waals surface area contributed by atoms with Crippen molar-refractivity contribution >= 4 is 29.5 Å². The van der Waals surface area contributed by atoms with E-state index in [0.29, 0.717) is 12.9 Å². The fourth-order valence-corrected chi connectivity index (χ4v) is 1.21. The second-order valence-electron chi connectivity index (χ2n) is 4.88. The van der Waals surface area contributed by atoms with Gasteiger partial charge in [-0.25, -0.2) is 0 Å². The van der Waals surface area contributed by atoms with E-state index >= 15 is 0 Å². The normalized spacial score (nSPS) is 8.59. The van der Waals surface area contributed by atoms with Crippen LogP contribution in [-0.4, -0.2) is 11.9 Å². The SMILES string of the molecule is CC(C)(C)OCc1ccc(Cl)cc1.O=CC#CC#CC#CCl. The predicted octanol–water partition coefficient (Wildman–Crippen LogP) is 4.05. The van der Waals surface area contributed by atoms with E-state index in [1.165, 1.54) is 0 Å². The number of halogens is 2. The topological polar surface area (TPSA) is 26.3 Å². The molecule has 0 aliphatic rings. The van der Waals surface area contributed by atoms with Crippen LogP contribution in [0, 0.1) is 35.0 Å². The summed E-state index contributed by atoms with van der Waals surface area (Å²) in [6.07, 6.45) is 0.461. The van der Waals surface area contributed by atoms with Crippen molar-refractivity contribution in [2.75, 3.05) is 0 Å². The molecule has 114 valence electrons. The molecular formula is C18H16Cl2O2. The van der Waals surface area contributed by atoms with Crippen molar-refractivity contribution in [3.63, 3.8) is 0 Å². The molecule has 0 radical (unpaired) electrons. The fourth-order valence-electron chi connectivity index (χ4n) is 1.03. The Kier molecular flexibility index (Phi) is 10.7. The maximum atomic E-state index is 9.53. The average molecular weight is 335 g/mol. The van der Waals surface area contributed by atoms with Gasteiger partial charge in [0.05, 0.1) is 12.2 Å². The Bertz CT molecular complexity index is 637. The Morgan fingerprint density at radius 2 is 1.68 bits per heavy atom. The van der Waals surface area contributed by atoms with Crippen LogP contribution in [0.1, 0.15) is 26.3 Å². The van der Waals surface area contributed by atoms with Crippen LogP contribution in [-0.2, 0) is 16.1 Å². The summed E-state index contributed by atoms with van der Waals surface area (Å²) in [5.41, 5.74) is 1.07. The van der Waals surface area contributed by atoms with Gasteiger partial charge in [-0.1, -0.05) is 23.7 Å². The summed E-state index contributed by atoms with van der Waals surface area (Å²) in [4.78, 5) is 9.53. The first-order valence-corrected chi connectivity index (χ1v) is 7.08. The van der Waals surface area contributed by atoms with E-state index < -0.39 is 0 Å². The number of ether oxygens (including phenoxy) is 1. The average Bonchev–Trinajstić information content (AvgIpc) is 2.46. The van der Waals surface area contributed by atoms with Crippen molar-refractivity contribution in [1.29, 1.82) is 0 Å². The maximum absolute atomic E-state index is 9.53. The van der Waals surface area contributed by atoms with Crippen LogP contribution in [0.25, 0.3) is 0 Å². The van der Waals surface area contributed by atoms with Gasteiger partial charge < -0.3 is 4.74 Å². The number of hydrogen-bond donors (Lipinski definition) is 0. The quantitative estimate of drug-likeness (QED) is 0.602. The molecule has 0 amide bonds. The fraction of sp³-hybridized carbons (Fsp3) is 0.278. The molecule has 2 nitrogen and oxygen atoms in total. The van der Waals surface area contributed by atoms with Crippen molar-refractivity contribution in [2.24, 2.45) is 0 Å². The molecule has 0 aromatic heterocycles. The molecule has 1 aromatic carbocycles. The molecule has 0 saturated heterocycles. The molecule has 0 N–H and O–H groups in total. The third-order valence-corrected chi connectivity index (χ3v) is 2.30. The largest absolute Gasteiger partial charge is 0.371 e. The smallest absolute Gasteiger partial charge is 0.193 e. The van der Waals surface area contributed by atoms with Crippen LogP contribution < -0.4 is 0 Å². The highest BCUT2D eigenvalue weighted by Gasteiger charge is 2.09. The molecular weight excluding hydrogens is 319 g/mol. The van der Waals surface area contributed by atoms with Gasteiger partial charge >= 0.3 is 0 Å². The van der Waals surface area contributed by atoms with Gasteiger partial charge in [-0.05, 0) is 67.8 Å². The lowest BCUT2D eigenvalue weighted by Gasteiger charge is -2.19. The molecule has 0 fully saturated rings. The molecule has 1 rings (SSSR count). The second kappa shape index (κ2) is 11.7. The molecule has 1 aromatic rings. The van der Waals surface area contributed by atoms with Crippen LogP contribution in [0.5, 0.6) is 0 Å². The zero-order valence-electron chi connectivity index (χ0n) is 12.7. The first kappa shape index (κ1) is 20.1.